The normalized spacial score (nSPS) is 10.1. The Morgan fingerprint density at radius 2 is 1.68 bits per heavy atom. The molecule has 0 spiro atoms. The molecular weight excluding hydrogens is 310 g/mol. The number of benzene rings is 2. The van der Waals surface area contributed by atoms with Crippen molar-refractivity contribution in [2.45, 2.75) is 4.90 Å². The Morgan fingerprint density at radius 3 is 2.36 bits per heavy atom. The molecule has 0 fully saturated rings. The van der Waals surface area contributed by atoms with E-state index in [0.717, 1.165) is 11.8 Å². The van der Waals surface area contributed by atoms with Gasteiger partial charge in [-0.15, -0.1) is 11.8 Å². The van der Waals surface area contributed by atoms with Crippen molar-refractivity contribution in [1.29, 1.82) is 0 Å². The van der Waals surface area contributed by atoms with Crippen LogP contribution in [-0.2, 0) is 4.79 Å². The number of carbonyl (C=O) groups is 2. The number of para-hydroxylation sites is 1. The summed E-state index contributed by atoms with van der Waals surface area (Å²) in [5.41, 5.74) is -0.0148. The molecule has 114 valence electrons. The fourth-order valence-corrected chi connectivity index (χ4v) is 2.26. The monoisotopic (exact) mass is 322 g/mol. The van der Waals surface area contributed by atoms with E-state index in [1.807, 2.05) is 0 Å². The van der Waals surface area contributed by atoms with Gasteiger partial charge in [-0.1, -0.05) is 12.1 Å². The van der Waals surface area contributed by atoms with Gasteiger partial charge in [0.2, 0.25) is 5.91 Å². The summed E-state index contributed by atoms with van der Waals surface area (Å²) >= 11 is 1.16. The molecule has 2 aromatic carbocycles. The summed E-state index contributed by atoms with van der Waals surface area (Å²) in [6.45, 7) is 0. The Kier molecular flexibility index (Phi) is 5.48. The molecule has 7 heteroatoms. The first-order valence-corrected chi connectivity index (χ1v) is 7.27. The Bertz CT molecular complexity index is 677. The van der Waals surface area contributed by atoms with Gasteiger partial charge in [0.25, 0.3) is 0 Å². The smallest absolute Gasteiger partial charge is 0.305 e. The first-order chi connectivity index (χ1) is 10.5. The lowest BCUT2D eigenvalue weighted by molar-refractivity contribution is -0.117. The fourth-order valence-electron chi connectivity index (χ4n) is 1.56. The minimum atomic E-state index is -0.810. The second-order valence-corrected chi connectivity index (χ2v) is 5.27. The Labute approximate surface area is 129 Å². The molecule has 0 saturated heterocycles. The number of halogens is 2. The highest BCUT2D eigenvalue weighted by Crippen LogP contribution is 2.17. The van der Waals surface area contributed by atoms with Crippen molar-refractivity contribution in [2.75, 3.05) is 11.1 Å². The third-order valence-electron chi connectivity index (χ3n) is 2.56. The molecule has 0 aliphatic heterocycles. The highest BCUT2D eigenvalue weighted by atomic mass is 32.2. The van der Waals surface area contributed by atoms with Crippen LogP contribution in [0.15, 0.2) is 53.4 Å². The number of imide groups is 1. The number of anilines is 1. The molecule has 2 rings (SSSR count). The van der Waals surface area contributed by atoms with E-state index in [0.29, 0.717) is 4.90 Å². The van der Waals surface area contributed by atoms with E-state index >= 15 is 0 Å². The Hall–Kier alpha value is -2.41. The number of rotatable bonds is 4. The van der Waals surface area contributed by atoms with Crippen LogP contribution >= 0.6 is 11.8 Å². The maximum Gasteiger partial charge on any atom is 0.325 e. The summed E-state index contributed by atoms with van der Waals surface area (Å²) in [5.74, 6) is -1.51. The van der Waals surface area contributed by atoms with Crippen molar-refractivity contribution in [3.63, 3.8) is 0 Å². The molecule has 22 heavy (non-hydrogen) atoms. The van der Waals surface area contributed by atoms with Crippen LogP contribution in [0.5, 0.6) is 0 Å². The molecule has 0 radical (unpaired) electrons. The highest BCUT2D eigenvalue weighted by molar-refractivity contribution is 8.00. The minimum Gasteiger partial charge on any atom is -0.305 e. The van der Waals surface area contributed by atoms with Gasteiger partial charge in [0, 0.05) is 4.90 Å². The van der Waals surface area contributed by atoms with Crippen molar-refractivity contribution in [3.05, 3.63) is 60.2 Å². The number of hydrogen-bond acceptors (Lipinski definition) is 3. The zero-order valence-electron chi connectivity index (χ0n) is 11.3. The lowest BCUT2D eigenvalue weighted by Gasteiger charge is -2.07. The number of amides is 3. The Balaban J connectivity index is 1.80. The van der Waals surface area contributed by atoms with E-state index in [1.165, 1.54) is 42.5 Å². The maximum absolute atomic E-state index is 13.3. The van der Waals surface area contributed by atoms with Crippen LogP contribution in [0.1, 0.15) is 0 Å². The zero-order chi connectivity index (χ0) is 15.9. The van der Waals surface area contributed by atoms with Crippen molar-refractivity contribution in [2.24, 2.45) is 0 Å². The molecule has 0 saturated carbocycles. The topological polar surface area (TPSA) is 58.2 Å². The highest BCUT2D eigenvalue weighted by Gasteiger charge is 2.10. The first kappa shape index (κ1) is 16.0. The van der Waals surface area contributed by atoms with Crippen LogP contribution in [-0.4, -0.2) is 17.7 Å². The van der Waals surface area contributed by atoms with Crippen LogP contribution in [0.25, 0.3) is 0 Å². The molecule has 2 aromatic rings. The summed E-state index contributed by atoms with van der Waals surface area (Å²) in [7, 11) is 0. The Morgan fingerprint density at radius 1 is 1.00 bits per heavy atom. The number of nitrogens with one attached hydrogen (secondary N) is 2. The van der Waals surface area contributed by atoms with Crippen LogP contribution < -0.4 is 10.6 Å². The van der Waals surface area contributed by atoms with Crippen molar-refractivity contribution >= 4 is 29.4 Å². The number of urea groups is 1. The van der Waals surface area contributed by atoms with E-state index in [4.69, 9.17) is 0 Å². The summed E-state index contributed by atoms with van der Waals surface area (Å²) < 4.78 is 26.1. The third-order valence-corrected chi connectivity index (χ3v) is 3.57. The minimum absolute atomic E-state index is 0.0148. The lowest BCUT2D eigenvalue weighted by Crippen LogP contribution is -2.35. The summed E-state index contributed by atoms with van der Waals surface area (Å²) in [4.78, 5) is 23.9. The lowest BCUT2D eigenvalue weighted by atomic mass is 10.3. The van der Waals surface area contributed by atoms with Gasteiger partial charge in [0.05, 0.1) is 11.4 Å². The SMILES string of the molecule is O=C(CSc1ccc(F)cc1)NC(=O)Nc1ccccc1F. The fraction of sp³-hybridized carbons (Fsp3) is 0.0667. The van der Waals surface area contributed by atoms with Gasteiger partial charge in [-0.05, 0) is 36.4 Å². The molecule has 4 nitrogen and oxygen atoms in total. The number of hydrogen-bond donors (Lipinski definition) is 2. The van der Waals surface area contributed by atoms with Crippen molar-refractivity contribution in [3.8, 4) is 0 Å². The molecule has 0 aliphatic rings. The third kappa shape index (κ3) is 4.85. The van der Waals surface area contributed by atoms with Crippen LogP contribution in [0.4, 0.5) is 19.3 Å². The second-order valence-electron chi connectivity index (χ2n) is 4.22. The quantitative estimate of drug-likeness (QED) is 0.848. The molecule has 0 aromatic heterocycles. The van der Waals surface area contributed by atoms with Crippen molar-refractivity contribution in [1.82, 2.24) is 5.32 Å². The standard InChI is InChI=1S/C15H12F2N2O2S/c16-10-5-7-11(8-6-10)22-9-14(20)19-15(21)18-13-4-2-1-3-12(13)17/h1-8H,9H2,(H2,18,19,20,21). The number of thioether (sulfide) groups is 1. The maximum atomic E-state index is 13.3. The summed E-state index contributed by atoms with van der Waals surface area (Å²) in [6, 6.07) is 10.5. The first-order valence-electron chi connectivity index (χ1n) is 6.28. The molecule has 0 heterocycles. The second kappa shape index (κ2) is 7.56. The van der Waals surface area contributed by atoms with E-state index in [1.54, 1.807) is 6.07 Å². The van der Waals surface area contributed by atoms with Gasteiger partial charge in [-0.2, -0.15) is 0 Å². The average molecular weight is 322 g/mol. The van der Waals surface area contributed by atoms with E-state index in [-0.39, 0.29) is 17.3 Å². The summed E-state index contributed by atoms with van der Waals surface area (Å²) in [5, 5.41) is 4.33. The van der Waals surface area contributed by atoms with E-state index in [2.05, 4.69) is 10.6 Å². The average Bonchev–Trinajstić information content (AvgIpc) is 2.49. The predicted octanol–water partition coefficient (Wildman–Crippen LogP) is 3.41. The molecule has 0 atom stereocenters. The van der Waals surface area contributed by atoms with Crippen LogP contribution in [0.3, 0.4) is 0 Å². The van der Waals surface area contributed by atoms with Gasteiger partial charge in [0.15, 0.2) is 0 Å². The number of carbonyl (C=O) groups excluding carboxylic acids is 2. The van der Waals surface area contributed by atoms with E-state index < -0.39 is 17.8 Å². The molecule has 0 unspecified atom stereocenters. The molecule has 0 bridgehead atoms. The van der Waals surface area contributed by atoms with Gasteiger partial charge >= 0.3 is 6.03 Å². The summed E-state index contributed by atoms with van der Waals surface area (Å²) in [6.07, 6.45) is 0. The van der Waals surface area contributed by atoms with Crippen molar-refractivity contribution < 1.29 is 18.4 Å². The van der Waals surface area contributed by atoms with Gasteiger partial charge in [0.1, 0.15) is 11.6 Å². The van der Waals surface area contributed by atoms with E-state index in [9.17, 15) is 18.4 Å². The molecule has 3 amide bonds. The molecule has 0 aliphatic carbocycles. The van der Waals surface area contributed by atoms with Gasteiger partial charge in [-0.3, -0.25) is 10.1 Å². The molecule has 2 N–H and O–H groups in total. The largest absolute Gasteiger partial charge is 0.325 e. The van der Waals surface area contributed by atoms with Gasteiger partial charge < -0.3 is 5.32 Å². The zero-order valence-corrected chi connectivity index (χ0v) is 12.1. The molecular formula is C15H12F2N2O2S. The predicted molar refractivity (Wildman–Crippen MR) is 80.7 cm³/mol. The van der Waals surface area contributed by atoms with Crippen LogP contribution in [0.2, 0.25) is 0 Å². The van der Waals surface area contributed by atoms with Gasteiger partial charge in [-0.25, -0.2) is 13.6 Å². The van der Waals surface area contributed by atoms with Crippen LogP contribution in [0, 0.1) is 11.6 Å².